The van der Waals surface area contributed by atoms with E-state index in [9.17, 15) is 18.4 Å². The molecule has 0 bridgehead atoms. The number of fused-ring (bicyclic) bond motifs is 1. The molecule has 0 spiro atoms. The van der Waals surface area contributed by atoms with Crippen LogP contribution in [0.5, 0.6) is 5.75 Å². The van der Waals surface area contributed by atoms with Gasteiger partial charge in [0.1, 0.15) is 5.75 Å². The molecule has 150 valence electrons. The van der Waals surface area contributed by atoms with Gasteiger partial charge in [0.2, 0.25) is 11.8 Å². The van der Waals surface area contributed by atoms with E-state index in [1.807, 2.05) is 12.1 Å². The van der Waals surface area contributed by atoms with Gasteiger partial charge in [-0.05, 0) is 43.3 Å². The Morgan fingerprint density at radius 1 is 1.03 bits per heavy atom. The summed E-state index contributed by atoms with van der Waals surface area (Å²) in [5.74, 6) is -2.79. The van der Waals surface area contributed by atoms with Crippen LogP contribution in [-0.2, 0) is 9.59 Å². The average Bonchev–Trinajstić information content (AvgIpc) is 3.12. The minimum Gasteiger partial charge on any atom is -0.435 e. The summed E-state index contributed by atoms with van der Waals surface area (Å²) in [5, 5.41) is 13.9. The summed E-state index contributed by atoms with van der Waals surface area (Å²) in [5.41, 5.74) is 1.33. The molecule has 1 atom stereocenters. The first-order chi connectivity index (χ1) is 13.8. The third-order valence-corrected chi connectivity index (χ3v) is 4.15. The molecule has 1 unspecified atom stereocenters. The van der Waals surface area contributed by atoms with Gasteiger partial charge in [0.25, 0.3) is 0 Å². The van der Waals surface area contributed by atoms with Gasteiger partial charge < -0.3 is 25.8 Å². The molecule has 29 heavy (non-hydrogen) atoms. The lowest BCUT2D eigenvalue weighted by Crippen LogP contribution is -2.38. The second-order valence-corrected chi connectivity index (χ2v) is 6.24. The van der Waals surface area contributed by atoms with Crippen LogP contribution in [0.15, 0.2) is 54.7 Å². The van der Waals surface area contributed by atoms with Crippen molar-refractivity contribution in [2.75, 3.05) is 10.6 Å². The highest BCUT2D eigenvalue weighted by molar-refractivity contribution is 6.25. The number of halogens is 2. The molecule has 1 aromatic heterocycles. The van der Waals surface area contributed by atoms with E-state index < -0.39 is 24.3 Å². The van der Waals surface area contributed by atoms with Crippen molar-refractivity contribution in [3.8, 4) is 5.75 Å². The maximum Gasteiger partial charge on any atom is 0.387 e. The Balaban J connectivity index is 1.73. The first-order valence-electron chi connectivity index (χ1n) is 8.63. The number of benzene rings is 2. The Labute approximate surface area is 164 Å². The number of anilines is 2. The monoisotopic (exact) mass is 400 g/mol. The number of carbonyl (C=O) groups is 2. The number of carbonyl (C=O) groups excluding carboxylic acids is 2. The van der Waals surface area contributed by atoms with Gasteiger partial charge in [0, 0.05) is 23.0 Å². The average molecular weight is 400 g/mol. The van der Waals surface area contributed by atoms with Gasteiger partial charge in [-0.3, -0.25) is 9.59 Å². The van der Waals surface area contributed by atoms with E-state index >= 15 is 0 Å². The van der Waals surface area contributed by atoms with E-state index in [0.717, 1.165) is 5.39 Å². The summed E-state index contributed by atoms with van der Waals surface area (Å²) >= 11 is 0. The van der Waals surface area contributed by atoms with E-state index in [1.54, 1.807) is 18.3 Å². The van der Waals surface area contributed by atoms with Crippen LogP contribution in [0.1, 0.15) is 6.92 Å². The molecule has 3 aromatic rings. The van der Waals surface area contributed by atoms with E-state index in [-0.39, 0.29) is 17.1 Å². The lowest BCUT2D eigenvalue weighted by atomic mass is 10.0. The van der Waals surface area contributed by atoms with Crippen molar-refractivity contribution in [2.24, 2.45) is 5.92 Å². The smallest absolute Gasteiger partial charge is 0.387 e. The lowest BCUT2D eigenvalue weighted by molar-refractivity contribution is -0.126. The number of H-pyrrole nitrogens is 1. The summed E-state index contributed by atoms with van der Waals surface area (Å²) in [6.07, 6.45) is 1.73. The fourth-order valence-corrected chi connectivity index (χ4v) is 2.84. The molecule has 3 rings (SSSR count). The maximum absolute atomic E-state index is 12.7. The van der Waals surface area contributed by atoms with Gasteiger partial charge in [0.15, 0.2) is 5.92 Å². The van der Waals surface area contributed by atoms with Crippen molar-refractivity contribution in [1.29, 1.82) is 5.41 Å². The molecule has 4 N–H and O–H groups in total. The fourth-order valence-electron chi connectivity index (χ4n) is 2.84. The topological polar surface area (TPSA) is 107 Å². The number of aromatic amines is 1. The number of para-hydroxylation sites is 1. The zero-order valence-corrected chi connectivity index (χ0v) is 15.3. The third kappa shape index (κ3) is 4.75. The van der Waals surface area contributed by atoms with Crippen molar-refractivity contribution in [3.05, 3.63) is 54.7 Å². The molecular formula is C20H18F2N4O3. The summed E-state index contributed by atoms with van der Waals surface area (Å²) < 4.78 is 28.7. The van der Waals surface area contributed by atoms with Crippen molar-refractivity contribution < 1.29 is 23.1 Å². The molecular weight excluding hydrogens is 382 g/mol. The van der Waals surface area contributed by atoms with Gasteiger partial charge in [-0.2, -0.15) is 8.78 Å². The molecule has 0 saturated heterocycles. The van der Waals surface area contributed by atoms with Gasteiger partial charge in [-0.25, -0.2) is 0 Å². The van der Waals surface area contributed by atoms with Crippen molar-refractivity contribution in [1.82, 2.24) is 4.98 Å². The number of amides is 2. The predicted octanol–water partition coefficient (Wildman–Crippen LogP) is 4.00. The molecule has 2 aromatic carbocycles. The normalized spacial score (nSPS) is 11.9. The molecule has 9 heteroatoms. The fraction of sp³-hybridized carbons (Fsp3) is 0.150. The summed E-state index contributed by atoms with van der Waals surface area (Å²) in [4.78, 5) is 28.3. The molecule has 0 aliphatic carbocycles. The third-order valence-electron chi connectivity index (χ3n) is 4.15. The molecule has 0 saturated carbocycles. The molecule has 7 nitrogen and oxygen atoms in total. The van der Waals surface area contributed by atoms with Gasteiger partial charge >= 0.3 is 6.61 Å². The number of hydrogen-bond donors (Lipinski definition) is 4. The Morgan fingerprint density at radius 2 is 1.72 bits per heavy atom. The zero-order valence-electron chi connectivity index (χ0n) is 15.3. The Hall–Kier alpha value is -3.75. The first kappa shape index (κ1) is 20.0. The highest BCUT2D eigenvalue weighted by Crippen LogP contribution is 2.23. The molecule has 0 aliphatic rings. The van der Waals surface area contributed by atoms with Crippen LogP contribution >= 0.6 is 0 Å². The summed E-state index contributed by atoms with van der Waals surface area (Å²) in [6.45, 7) is -1.59. The number of aromatic nitrogens is 1. The highest BCUT2D eigenvalue weighted by Gasteiger charge is 2.29. The zero-order chi connectivity index (χ0) is 21.0. The summed E-state index contributed by atoms with van der Waals surface area (Å²) in [6, 6.07) is 12.4. The maximum atomic E-state index is 12.7. The number of ether oxygens (including phenoxy) is 1. The van der Waals surface area contributed by atoms with Crippen LogP contribution < -0.4 is 15.4 Å². The summed E-state index contributed by atoms with van der Waals surface area (Å²) in [7, 11) is 0. The Kier molecular flexibility index (Phi) is 5.87. The van der Waals surface area contributed by atoms with Crippen LogP contribution in [0.3, 0.4) is 0 Å². The second-order valence-electron chi connectivity index (χ2n) is 6.24. The van der Waals surface area contributed by atoms with Crippen molar-refractivity contribution in [3.63, 3.8) is 0 Å². The van der Waals surface area contributed by atoms with Crippen molar-refractivity contribution in [2.45, 2.75) is 13.5 Å². The lowest BCUT2D eigenvalue weighted by Gasteiger charge is -2.16. The Morgan fingerprint density at radius 3 is 2.38 bits per heavy atom. The Bertz CT molecular complexity index is 1050. The van der Waals surface area contributed by atoms with Gasteiger partial charge in [0.05, 0.1) is 11.2 Å². The SMILES string of the molecule is CC(=N)C(C(=O)Nc1ccc(OC(F)F)cc1)C(=O)Nc1cccc2cc[nH]c12. The predicted molar refractivity (Wildman–Crippen MR) is 106 cm³/mol. The standard InChI is InChI=1S/C20H18F2N4O3/c1-11(23)16(18(27)25-13-5-7-14(8-6-13)29-20(21)22)19(28)26-15-4-2-3-12-9-10-24-17(12)15/h2-10,16,20,23-24H,1H3,(H,25,27)(H,26,28). The molecule has 2 amide bonds. The molecule has 0 aliphatic heterocycles. The number of rotatable bonds is 7. The van der Waals surface area contributed by atoms with E-state index in [4.69, 9.17) is 5.41 Å². The van der Waals surface area contributed by atoms with E-state index in [0.29, 0.717) is 11.2 Å². The number of alkyl halides is 2. The largest absolute Gasteiger partial charge is 0.435 e. The van der Waals surface area contributed by atoms with Crippen LogP contribution in [0.2, 0.25) is 0 Å². The second kappa shape index (κ2) is 8.51. The van der Waals surface area contributed by atoms with Crippen LogP contribution in [0.25, 0.3) is 10.9 Å². The first-order valence-corrected chi connectivity index (χ1v) is 8.63. The van der Waals surface area contributed by atoms with E-state index in [2.05, 4.69) is 20.4 Å². The van der Waals surface area contributed by atoms with Crippen LogP contribution in [0, 0.1) is 11.3 Å². The highest BCUT2D eigenvalue weighted by atomic mass is 19.3. The number of nitrogens with one attached hydrogen (secondary N) is 4. The minimum absolute atomic E-state index is 0.0606. The van der Waals surface area contributed by atoms with Crippen LogP contribution in [-0.4, -0.2) is 29.1 Å². The number of hydrogen-bond acceptors (Lipinski definition) is 4. The molecule has 1 heterocycles. The quantitative estimate of drug-likeness (QED) is 0.356. The minimum atomic E-state index is -2.95. The molecule has 0 fully saturated rings. The van der Waals surface area contributed by atoms with E-state index in [1.165, 1.54) is 31.2 Å². The molecule has 0 radical (unpaired) electrons. The van der Waals surface area contributed by atoms with Crippen molar-refractivity contribution >= 4 is 39.8 Å². The van der Waals surface area contributed by atoms with Gasteiger partial charge in [-0.1, -0.05) is 12.1 Å². The van der Waals surface area contributed by atoms with Gasteiger partial charge in [-0.15, -0.1) is 0 Å². The van der Waals surface area contributed by atoms with Crippen LogP contribution in [0.4, 0.5) is 20.2 Å².